The molecule has 0 aliphatic carbocycles. The van der Waals surface area contributed by atoms with E-state index in [9.17, 15) is 4.79 Å². The molecule has 1 N–H and O–H groups in total. The lowest BCUT2D eigenvalue weighted by molar-refractivity contribution is -0.113. The summed E-state index contributed by atoms with van der Waals surface area (Å²) in [7, 11) is 0. The molecule has 0 aliphatic rings. The van der Waals surface area contributed by atoms with Gasteiger partial charge in [0.25, 0.3) is 0 Å². The first-order chi connectivity index (χ1) is 9.10. The standard InChI is InChI=1S/C14H16N2OS2/c1-9-4-6-11(7-5-9)13-10(2)19-14(16-13)15-12(17)8-18-3/h4-7H,8H2,1-3H3,(H,15,16,17). The normalized spacial score (nSPS) is 10.5. The minimum absolute atomic E-state index is 0.00305. The van der Waals surface area contributed by atoms with Crippen LogP contribution < -0.4 is 5.32 Å². The van der Waals surface area contributed by atoms with Gasteiger partial charge in [-0.25, -0.2) is 4.98 Å². The van der Waals surface area contributed by atoms with Gasteiger partial charge in [0, 0.05) is 10.4 Å². The van der Waals surface area contributed by atoms with Crippen LogP contribution in [0.25, 0.3) is 11.3 Å². The van der Waals surface area contributed by atoms with E-state index in [1.54, 1.807) is 0 Å². The number of thiazole rings is 1. The van der Waals surface area contributed by atoms with E-state index >= 15 is 0 Å². The number of thioether (sulfide) groups is 1. The van der Waals surface area contributed by atoms with Crippen LogP contribution in [0.2, 0.25) is 0 Å². The minimum Gasteiger partial charge on any atom is -0.301 e. The van der Waals surface area contributed by atoms with Crippen LogP contribution >= 0.6 is 23.1 Å². The summed E-state index contributed by atoms with van der Waals surface area (Å²) in [5, 5.41) is 3.51. The lowest BCUT2D eigenvalue weighted by atomic mass is 10.1. The van der Waals surface area contributed by atoms with Crippen molar-refractivity contribution in [2.75, 3.05) is 17.3 Å². The Balaban J connectivity index is 2.21. The molecule has 19 heavy (non-hydrogen) atoms. The topological polar surface area (TPSA) is 42.0 Å². The van der Waals surface area contributed by atoms with E-state index < -0.39 is 0 Å². The Labute approximate surface area is 121 Å². The van der Waals surface area contributed by atoms with Gasteiger partial charge in [0.15, 0.2) is 5.13 Å². The molecule has 0 spiro atoms. The molecule has 3 nitrogen and oxygen atoms in total. The highest BCUT2D eigenvalue weighted by molar-refractivity contribution is 7.99. The second-order valence-electron chi connectivity index (χ2n) is 4.27. The Bertz CT molecular complexity index is 576. The van der Waals surface area contributed by atoms with Crippen molar-refractivity contribution in [1.29, 1.82) is 0 Å². The summed E-state index contributed by atoms with van der Waals surface area (Å²) in [6, 6.07) is 8.26. The number of benzene rings is 1. The number of hydrogen-bond donors (Lipinski definition) is 1. The first-order valence-electron chi connectivity index (χ1n) is 5.93. The van der Waals surface area contributed by atoms with Gasteiger partial charge in [0.1, 0.15) is 0 Å². The molecule has 1 aromatic heterocycles. The zero-order chi connectivity index (χ0) is 13.8. The smallest absolute Gasteiger partial charge is 0.236 e. The molecule has 0 saturated carbocycles. The van der Waals surface area contributed by atoms with Crippen molar-refractivity contribution in [3.05, 3.63) is 34.7 Å². The van der Waals surface area contributed by atoms with Crippen molar-refractivity contribution in [2.45, 2.75) is 13.8 Å². The zero-order valence-electron chi connectivity index (χ0n) is 11.2. The summed E-state index contributed by atoms with van der Waals surface area (Å²) >= 11 is 3.02. The van der Waals surface area contributed by atoms with Crippen molar-refractivity contribution < 1.29 is 4.79 Å². The molecular weight excluding hydrogens is 276 g/mol. The van der Waals surface area contributed by atoms with E-state index in [1.807, 2.05) is 13.2 Å². The number of amides is 1. The van der Waals surface area contributed by atoms with Crippen molar-refractivity contribution >= 4 is 34.1 Å². The van der Waals surface area contributed by atoms with Gasteiger partial charge in [-0.15, -0.1) is 11.3 Å². The van der Waals surface area contributed by atoms with Crippen LogP contribution in [0.5, 0.6) is 0 Å². The number of carbonyl (C=O) groups excluding carboxylic acids is 1. The lowest BCUT2D eigenvalue weighted by Gasteiger charge is -2.00. The van der Waals surface area contributed by atoms with Gasteiger partial charge in [-0.1, -0.05) is 29.8 Å². The fourth-order valence-electron chi connectivity index (χ4n) is 1.72. The van der Waals surface area contributed by atoms with Crippen LogP contribution in [-0.2, 0) is 4.79 Å². The predicted molar refractivity (Wildman–Crippen MR) is 84.0 cm³/mol. The quantitative estimate of drug-likeness (QED) is 0.933. The fraction of sp³-hybridized carbons (Fsp3) is 0.286. The van der Waals surface area contributed by atoms with Gasteiger partial charge in [0.2, 0.25) is 5.91 Å². The van der Waals surface area contributed by atoms with Crippen LogP contribution in [-0.4, -0.2) is 22.9 Å². The maximum Gasteiger partial charge on any atom is 0.236 e. The number of aromatic nitrogens is 1. The molecule has 1 aromatic carbocycles. The highest BCUT2D eigenvalue weighted by Crippen LogP contribution is 2.30. The Morgan fingerprint density at radius 3 is 2.63 bits per heavy atom. The molecule has 0 fully saturated rings. The molecule has 100 valence electrons. The minimum atomic E-state index is -0.00305. The second kappa shape index (κ2) is 6.21. The largest absolute Gasteiger partial charge is 0.301 e. The SMILES string of the molecule is CSCC(=O)Nc1nc(-c2ccc(C)cc2)c(C)s1. The van der Waals surface area contributed by atoms with Crippen molar-refractivity contribution in [1.82, 2.24) is 4.98 Å². The molecule has 0 bridgehead atoms. The zero-order valence-corrected chi connectivity index (χ0v) is 12.8. The first-order valence-corrected chi connectivity index (χ1v) is 8.14. The summed E-state index contributed by atoms with van der Waals surface area (Å²) in [5.41, 5.74) is 3.26. The average molecular weight is 292 g/mol. The second-order valence-corrected chi connectivity index (χ2v) is 6.34. The van der Waals surface area contributed by atoms with Gasteiger partial charge in [-0.3, -0.25) is 4.79 Å². The molecule has 2 rings (SSSR count). The number of anilines is 1. The highest BCUT2D eigenvalue weighted by atomic mass is 32.2. The van der Waals surface area contributed by atoms with E-state index in [0.717, 1.165) is 16.1 Å². The Kier molecular flexibility index (Phi) is 4.61. The Hall–Kier alpha value is -1.33. The van der Waals surface area contributed by atoms with Gasteiger partial charge >= 0.3 is 0 Å². The third-order valence-corrected chi connectivity index (χ3v) is 4.08. The third kappa shape index (κ3) is 3.58. The molecular formula is C14H16N2OS2. The summed E-state index contributed by atoms with van der Waals surface area (Å²) in [6.07, 6.45) is 1.91. The van der Waals surface area contributed by atoms with Gasteiger partial charge in [-0.05, 0) is 20.1 Å². The number of rotatable bonds is 4. The molecule has 1 amide bonds. The summed E-state index contributed by atoms with van der Waals surface area (Å²) in [6.45, 7) is 4.09. The monoisotopic (exact) mass is 292 g/mol. The number of nitrogens with one attached hydrogen (secondary N) is 1. The van der Waals surface area contributed by atoms with Gasteiger partial charge in [0.05, 0.1) is 11.4 Å². The van der Waals surface area contributed by atoms with E-state index in [-0.39, 0.29) is 5.91 Å². The molecule has 0 aliphatic heterocycles. The van der Waals surface area contributed by atoms with Crippen LogP contribution in [0.3, 0.4) is 0 Å². The predicted octanol–water partition coefficient (Wildman–Crippen LogP) is 3.73. The maximum atomic E-state index is 11.5. The Morgan fingerprint density at radius 2 is 2.00 bits per heavy atom. The number of nitrogens with zero attached hydrogens (tertiary/aromatic N) is 1. The van der Waals surface area contributed by atoms with E-state index in [1.165, 1.54) is 28.7 Å². The molecule has 0 saturated heterocycles. The molecule has 5 heteroatoms. The Morgan fingerprint density at radius 1 is 1.32 bits per heavy atom. The number of carbonyl (C=O) groups is 1. The van der Waals surface area contributed by atoms with Gasteiger partial charge < -0.3 is 5.32 Å². The summed E-state index contributed by atoms with van der Waals surface area (Å²) in [4.78, 5) is 17.2. The summed E-state index contributed by atoms with van der Waals surface area (Å²) in [5.74, 6) is 0.454. The number of hydrogen-bond acceptors (Lipinski definition) is 4. The van der Waals surface area contributed by atoms with E-state index in [4.69, 9.17) is 0 Å². The molecule has 0 unspecified atom stereocenters. The molecule has 2 aromatic rings. The number of aryl methyl sites for hydroxylation is 2. The first kappa shape index (κ1) is 14.1. The highest BCUT2D eigenvalue weighted by Gasteiger charge is 2.11. The van der Waals surface area contributed by atoms with Crippen LogP contribution in [0.4, 0.5) is 5.13 Å². The molecule has 1 heterocycles. The average Bonchev–Trinajstić information content (AvgIpc) is 2.71. The maximum absolute atomic E-state index is 11.5. The van der Waals surface area contributed by atoms with Crippen LogP contribution in [0.15, 0.2) is 24.3 Å². The molecule has 0 atom stereocenters. The summed E-state index contributed by atoms with van der Waals surface area (Å²) < 4.78 is 0. The van der Waals surface area contributed by atoms with Gasteiger partial charge in [-0.2, -0.15) is 11.8 Å². The van der Waals surface area contributed by atoms with Crippen molar-refractivity contribution in [3.8, 4) is 11.3 Å². The van der Waals surface area contributed by atoms with Crippen molar-refractivity contribution in [2.24, 2.45) is 0 Å². The van der Waals surface area contributed by atoms with Crippen LogP contribution in [0, 0.1) is 13.8 Å². The van der Waals surface area contributed by atoms with Crippen LogP contribution in [0.1, 0.15) is 10.4 Å². The lowest BCUT2D eigenvalue weighted by Crippen LogP contribution is -2.13. The fourth-order valence-corrected chi connectivity index (χ4v) is 2.90. The van der Waals surface area contributed by atoms with E-state index in [0.29, 0.717) is 10.9 Å². The molecule has 0 radical (unpaired) electrons. The van der Waals surface area contributed by atoms with E-state index in [2.05, 4.69) is 41.5 Å². The third-order valence-electron chi connectivity index (χ3n) is 2.64. The van der Waals surface area contributed by atoms with Crippen molar-refractivity contribution in [3.63, 3.8) is 0 Å².